The molecule has 1 saturated heterocycles. The Kier molecular flexibility index (Phi) is 6.17. The molecule has 1 N–H and O–H groups in total. The third-order valence-electron chi connectivity index (χ3n) is 4.05. The molecule has 5 nitrogen and oxygen atoms in total. The first-order valence-corrected chi connectivity index (χ1v) is 9.17. The van der Waals surface area contributed by atoms with Gasteiger partial charge in [-0.1, -0.05) is 13.8 Å². The lowest BCUT2D eigenvalue weighted by Crippen LogP contribution is -2.48. The second-order valence-electron chi connectivity index (χ2n) is 6.33. The van der Waals surface area contributed by atoms with E-state index in [1.165, 1.54) is 5.69 Å². The number of nitrogens with zero attached hydrogens (tertiary/aromatic N) is 3. The summed E-state index contributed by atoms with van der Waals surface area (Å²) in [6.45, 7) is 11.8. The first kappa shape index (κ1) is 17.2. The maximum Gasteiger partial charge on any atom is 0.317 e. The predicted octanol–water partition coefficient (Wildman–Crippen LogP) is 2.67. The minimum atomic E-state index is 0.0827. The van der Waals surface area contributed by atoms with Gasteiger partial charge in [-0.2, -0.15) is 16.9 Å². The van der Waals surface area contributed by atoms with Crippen molar-refractivity contribution in [2.24, 2.45) is 5.92 Å². The van der Waals surface area contributed by atoms with Crippen molar-refractivity contribution in [3.63, 3.8) is 0 Å². The van der Waals surface area contributed by atoms with Crippen LogP contribution in [0.25, 0.3) is 0 Å². The molecule has 6 heteroatoms. The molecule has 0 bridgehead atoms. The maximum atomic E-state index is 12.2. The predicted molar refractivity (Wildman–Crippen MR) is 92.4 cm³/mol. The monoisotopic (exact) mass is 324 g/mol. The Morgan fingerprint density at radius 2 is 2.27 bits per heavy atom. The molecule has 0 radical (unpaired) electrons. The van der Waals surface area contributed by atoms with E-state index in [-0.39, 0.29) is 6.03 Å². The summed E-state index contributed by atoms with van der Waals surface area (Å²) in [7, 11) is 0. The molecule has 0 aromatic carbocycles. The number of thioether (sulfide) groups is 1. The van der Waals surface area contributed by atoms with Crippen LogP contribution in [0.2, 0.25) is 0 Å². The second-order valence-corrected chi connectivity index (χ2v) is 7.68. The summed E-state index contributed by atoms with van der Waals surface area (Å²) in [6, 6.07) is 2.16. The average molecular weight is 324 g/mol. The fourth-order valence-corrected chi connectivity index (χ4v) is 4.00. The fraction of sp³-hybridized carbons (Fsp3) is 0.750. The fourth-order valence-electron chi connectivity index (χ4n) is 2.70. The van der Waals surface area contributed by atoms with Gasteiger partial charge in [0, 0.05) is 42.9 Å². The lowest BCUT2D eigenvalue weighted by Gasteiger charge is -2.34. The van der Waals surface area contributed by atoms with Gasteiger partial charge in [0.2, 0.25) is 0 Å². The highest BCUT2D eigenvalue weighted by molar-refractivity contribution is 8.00. The zero-order valence-corrected chi connectivity index (χ0v) is 14.9. The first-order chi connectivity index (χ1) is 10.5. The van der Waals surface area contributed by atoms with Crippen molar-refractivity contribution >= 4 is 17.8 Å². The van der Waals surface area contributed by atoms with Crippen LogP contribution in [0.5, 0.6) is 0 Å². The van der Waals surface area contributed by atoms with E-state index in [1.54, 1.807) is 0 Å². The van der Waals surface area contributed by atoms with Crippen LogP contribution in [0.15, 0.2) is 6.07 Å². The number of urea groups is 1. The summed E-state index contributed by atoms with van der Waals surface area (Å²) in [4.78, 5) is 14.2. The summed E-state index contributed by atoms with van der Waals surface area (Å²) in [5.41, 5.74) is 2.23. The van der Waals surface area contributed by atoms with Crippen molar-refractivity contribution in [1.82, 2.24) is 20.0 Å². The molecular formula is C16H28N4OS. The van der Waals surface area contributed by atoms with E-state index in [1.807, 2.05) is 28.3 Å². The van der Waals surface area contributed by atoms with Gasteiger partial charge in [0.25, 0.3) is 0 Å². The molecule has 1 atom stereocenters. The van der Waals surface area contributed by atoms with Gasteiger partial charge >= 0.3 is 6.03 Å². The molecule has 1 aliphatic rings. The number of hydrogen-bond donors (Lipinski definition) is 1. The highest BCUT2D eigenvalue weighted by atomic mass is 32.2. The van der Waals surface area contributed by atoms with E-state index in [2.05, 4.69) is 37.3 Å². The number of rotatable bonds is 5. The van der Waals surface area contributed by atoms with Gasteiger partial charge in [0.1, 0.15) is 0 Å². The van der Waals surface area contributed by atoms with Crippen LogP contribution in [0, 0.1) is 19.8 Å². The van der Waals surface area contributed by atoms with Crippen LogP contribution in [0.4, 0.5) is 4.79 Å². The number of aromatic nitrogens is 2. The number of carbonyl (C=O) groups is 1. The zero-order chi connectivity index (χ0) is 16.1. The molecule has 0 saturated carbocycles. The molecule has 0 spiro atoms. The van der Waals surface area contributed by atoms with Crippen LogP contribution in [-0.4, -0.2) is 51.3 Å². The van der Waals surface area contributed by atoms with Gasteiger partial charge in [-0.25, -0.2) is 4.79 Å². The van der Waals surface area contributed by atoms with E-state index in [9.17, 15) is 4.79 Å². The van der Waals surface area contributed by atoms with Crippen molar-refractivity contribution in [2.75, 3.05) is 25.4 Å². The van der Waals surface area contributed by atoms with Gasteiger partial charge in [-0.15, -0.1) is 0 Å². The highest BCUT2D eigenvalue weighted by Gasteiger charge is 2.25. The van der Waals surface area contributed by atoms with Crippen molar-refractivity contribution < 1.29 is 4.79 Å². The van der Waals surface area contributed by atoms with Gasteiger partial charge in [0.05, 0.1) is 5.69 Å². The number of aryl methyl sites for hydroxylation is 3. The van der Waals surface area contributed by atoms with Crippen LogP contribution in [0.3, 0.4) is 0 Å². The molecule has 2 amide bonds. The molecule has 1 unspecified atom stereocenters. The van der Waals surface area contributed by atoms with Gasteiger partial charge < -0.3 is 10.2 Å². The lowest BCUT2D eigenvalue weighted by atomic mass is 10.1. The van der Waals surface area contributed by atoms with Gasteiger partial charge in [0.15, 0.2) is 0 Å². The number of hydrogen-bond acceptors (Lipinski definition) is 3. The normalized spacial score (nSPS) is 18.8. The number of carbonyl (C=O) groups excluding carboxylic acids is 1. The van der Waals surface area contributed by atoms with E-state index in [0.717, 1.165) is 37.5 Å². The smallest absolute Gasteiger partial charge is 0.317 e. The Morgan fingerprint density at radius 1 is 1.50 bits per heavy atom. The first-order valence-electron chi connectivity index (χ1n) is 8.13. The topological polar surface area (TPSA) is 50.2 Å². The zero-order valence-electron chi connectivity index (χ0n) is 14.1. The van der Waals surface area contributed by atoms with E-state index in [4.69, 9.17) is 0 Å². The summed E-state index contributed by atoms with van der Waals surface area (Å²) in [6.07, 6.45) is 0.907. The molecule has 1 fully saturated rings. The standard InChI is InChI=1S/C16H28N4OS/c1-12(2)15-11-19(8-9-22-15)16(21)17-6-5-7-20-14(4)10-13(3)18-20/h10,12,15H,5-9,11H2,1-4H3,(H,17,21). The summed E-state index contributed by atoms with van der Waals surface area (Å²) < 4.78 is 2.01. The molecule has 124 valence electrons. The van der Waals surface area contributed by atoms with Gasteiger partial charge in [-0.05, 0) is 32.3 Å². The molecule has 0 aliphatic carbocycles. The minimum Gasteiger partial charge on any atom is -0.338 e. The quantitative estimate of drug-likeness (QED) is 0.847. The molecule has 1 aliphatic heterocycles. The summed E-state index contributed by atoms with van der Waals surface area (Å²) >= 11 is 1.99. The Bertz CT molecular complexity index is 500. The van der Waals surface area contributed by atoms with E-state index < -0.39 is 0 Å². The number of nitrogens with one attached hydrogen (secondary N) is 1. The van der Waals surface area contributed by atoms with Crippen molar-refractivity contribution in [2.45, 2.75) is 45.9 Å². The van der Waals surface area contributed by atoms with Crippen molar-refractivity contribution in [1.29, 1.82) is 0 Å². The Balaban J connectivity index is 1.70. The summed E-state index contributed by atoms with van der Waals surface area (Å²) in [5.74, 6) is 1.66. The molecule has 2 rings (SSSR count). The maximum absolute atomic E-state index is 12.2. The minimum absolute atomic E-state index is 0.0827. The Morgan fingerprint density at radius 3 is 2.91 bits per heavy atom. The lowest BCUT2D eigenvalue weighted by molar-refractivity contribution is 0.197. The number of amides is 2. The molecule has 2 heterocycles. The van der Waals surface area contributed by atoms with Crippen molar-refractivity contribution in [3.05, 3.63) is 17.5 Å². The SMILES string of the molecule is Cc1cc(C)n(CCCNC(=O)N2CCSC(C(C)C)C2)n1. The molecule has 1 aromatic rings. The summed E-state index contributed by atoms with van der Waals surface area (Å²) in [5, 5.41) is 8.05. The van der Waals surface area contributed by atoms with Gasteiger partial charge in [-0.3, -0.25) is 4.68 Å². The largest absolute Gasteiger partial charge is 0.338 e. The van der Waals surface area contributed by atoms with Crippen LogP contribution in [0.1, 0.15) is 31.7 Å². The van der Waals surface area contributed by atoms with E-state index >= 15 is 0 Å². The van der Waals surface area contributed by atoms with Crippen LogP contribution in [-0.2, 0) is 6.54 Å². The third-order valence-corrected chi connectivity index (χ3v) is 5.59. The van der Waals surface area contributed by atoms with Crippen LogP contribution >= 0.6 is 11.8 Å². The van der Waals surface area contributed by atoms with E-state index in [0.29, 0.717) is 17.7 Å². The molecule has 22 heavy (non-hydrogen) atoms. The Hall–Kier alpha value is -1.17. The van der Waals surface area contributed by atoms with Crippen LogP contribution < -0.4 is 5.32 Å². The highest BCUT2D eigenvalue weighted by Crippen LogP contribution is 2.24. The third kappa shape index (κ3) is 4.66. The Labute approximate surface area is 137 Å². The molecular weight excluding hydrogens is 296 g/mol. The average Bonchev–Trinajstić information content (AvgIpc) is 2.81. The molecule has 1 aromatic heterocycles. The second kappa shape index (κ2) is 7.90. The van der Waals surface area contributed by atoms with Crippen molar-refractivity contribution in [3.8, 4) is 0 Å².